The van der Waals surface area contributed by atoms with Crippen molar-refractivity contribution in [1.29, 1.82) is 5.41 Å². The summed E-state index contributed by atoms with van der Waals surface area (Å²) in [6, 6.07) is 6.34. The molecule has 5 heteroatoms. The maximum absolute atomic E-state index is 11.2. The summed E-state index contributed by atoms with van der Waals surface area (Å²) in [5.41, 5.74) is 11.4. The molecule has 0 saturated heterocycles. The molecule has 0 atom stereocenters. The number of nitrogens with two attached hydrogens (primary N) is 2. The van der Waals surface area contributed by atoms with Crippen molar-refractivity contribution in [2.24, 2.45) is 5.73 Å². The maximum atomic E-state index is 11.2. The summed E-state index contributed by atoms with van der Waals surface area (Å²) < 4.78 is 0. The second-order valence-electron chi connectivity index (χ2n) is 2.49. The van der Waals surface area contributed by atoms with Gasteiger partial charge in [-0.05, 0) is 24.3 Å². The highest BCUT2D eigenvalue weighted by atomic mass is 16.1. The largest absolute Gasteiger partial charge is 0.399 e. The molecule has 0 spiro atoms. The third-order valence-electron chi connectivity index (χ3n) is 1.42. The molecule has 0 aliphatic heterocycles. The van der Waals surface area contributed by atoms with E-state index in [4.69, 9.17) is 16.9 Å². The van der Waals surface area contributed by atoms with Crippen LogP contribution in [0.3, 0.4) is 0 Å². The van der Waals surface area contributed by atoms with Gasteiger partial charge in [0.15, 0.2) is 5.96 Å². The summed E-state index contributed by atoms with van der Waals surface area (Å²) in [4.78, 5) is 11.2. The van der Waals surface area contributed by atoms with Gasteiger partial charge >= 0.3 is 0 Å². The van der Waals surface area contributed by atoms with Crippen LogP contribution >= 0.6 is 0 Å². The topological polar surface area (TPSA) is 105 Å². The zero-order chi connectivity index (χ0) is 9.84. The number of benzene rings is 1. The summed E-state index contributed by atoms with van der Waals surface area (Å²) in [5, 5.41) is 9.00. The van der Waals surface area contributed by atoms with Gasteiger partial charge < -0.3 is 11.5 Å². The van der Waals surface area contributed by atoms with Crippen LogP contribution in [0.4, 0.5) is 5.69 Å². The second-order valence-corrected chi connectivity index (χ2v) is 2.49. The van der Waals surface area contributed by atoms with E-state index >= 15 is 0 Å². The van der Waals surface area contributed by atoms with Crippen molar-refractivity contribution in [1.82, 2.24) is 5.32 Å². The predicted molar refractivity (Wildman–Crippen MR) is 50.2 cm³/mol. The van der Waals surface area contributed by atoms with Gasteiger partial charge in [0.25, 0.3) is 5.91 Å². The molecule has 68 valence electrons. The Hall–Kier alpha value is -2.04. The molecule has 0 aliphatic rings. The van der Waals surface area contributed by atoms with Crippen molar-refractivity contribution in [2.75, 3.05) is 5.73 Å². The molecule has 1 aromatic carbocycles. The molecule has 0 heterocycles. The van der Waals surface area contributed by atoms with Gasteiger partial charge in [0.2, 0.25) is 0 Å². The highest BCUT2D eigenvalue weighted by Crippen LogP contribution is 2.04. The van der Waals surface area contributed by atoms with Crippen LogP contribution in [0, 0.1) is 5.41 Å². The fraction of sp³-hybridized carbons (Fsp3) is 0. The lowest BCUT2D eigenvalue weighted by Crippen LogP contribution is -2.35. The van der Waals surface area contributed by atoms with Gasteiger partial charge in [-0.3, -0.25) is 15.5 Å². The number of amides is 1. The number of anilines is 1. The van der Waals surface area contributed by atoms with Gasteiger partial charge in [-0.1, -0.05) is 0 Å². The summed E-state index contributed by atoms with van der Waals surface area (Å²) >= 11 is 0. The van der Waals surface area contributed by atoms with E-state index in [1.807, 2.05) is 0 Å². The number of hydrogen-bond acceptors (Lipinski definition) is 3. The zero-order valence-electron chi connectivity index (χ0n) is 6.87. The van der Waals surface area contributed by atoms with Gasteiger partial charge in [0.1, 0.15) is 0 Å². The molecule has 6 N–H and O–H groups in total. The quantitative estimate of drug-likeness (QED) is 0.274. The first kappa shape index (κ1) is 9.05. The Balaban J connectivity index is 2.78. The van der Waals surface area contributed by atoms with Gasteiger partial charge in [-0.25, -0.2) is 0 Å². The van der Waals surface area contributed by atoms with Crippen molar-refractivity contribution in [3.8, 4) is 0 Å². The lowest BCUT2D eigenvalue weighted by Gasteiger charge is -2.01. The minimum Gasteiger partial charge on any atom is -0.399 e. The third-order valence-corrected chi connectivity index (χ3v) is 1.42. The number of nitrogens with one attached hydrogen (secondary N) is 2. The highest BCUT2D eigenvalue weighted by Gasteiger charge is 2.04. The smallest absolute Gasteiger partial charge is 0.257 e. The molecule has 0 fully saturated rings. The Labute approximate surface area is 75.2 Å². The number of carbonyl (C=O) groups is 1. The maximum Gasteiger partial charge on any atom is 0.257 e. The second kappa shape index (κ2) is 3.57. The number of rotatable bonds is 1. The number of nitrogen functional groups attached to an aromatic ring is 1. The van der Waals surface area contributed by atoms with E-state index in [9.17, 15) is 4.79 Å². The van der Waals surface area contributed by atoms with E-state index in [1.54, 1.807) is 24.3 Å². The predicted octanol–water partition coefficient (Wildman–Crippen LogP) is -0.108. The van der Waals surface area contributed by atoms with E-state index in [0.29, 0.717) is 11.3 Å². The summed E-state index contributed by atoms with van der Waals surface area (Å²) in [6.07, 6.45) is 0. The van der Waals surface area contributed by atoms with Crippen LogP contribution < -0.4 is 16.8 Å². The molecular weight excluding hydrogens is 168 g/mol. The highest BCUT2D eigenvalue weighted by molar-refractivity contribution is 6.04. The van der Waals surface area contributed by atoms with E-state index in [1.165, 1.54) is 0 Å². The Morgan fingerprint density at radius 2 is 1.85 bits per heavy atom. The van der Waals surface area contributed by atoms with Crippen molar-refractivity contribution in [2.45, 2.75) is 0 Å². The van der Waals surface area contributed by atoms with Gasteiger partial charge in [0.05, 0.1) is 0 Å². The van der Waals surface area contributed by atoms with Crippen molar-refractivity contribution < 1.29 is 4.79 Å². The van der Waals surface area contributed by atoms with Crippen LogP contribution in [-0.4, -0.2) is 11.9 Å². The van der Waals surface area contributed by atoms with Crippen LogP contribution in [0.2, 0.25) is 0 Å². The molecule has 0 unspecified atom stereocenters. The Morgan fingerprint density at radius 3 is 2.31 bits per heavy atom. The Bertz CT molecular complexity index is 331. The molecule has 13 heavy (non-hydrogen) atoms. The normalized spacial score (nSPS) is 9.23. The summed E-state index contributed by atoms with van der Waals surface area (Å²) in [5.74, 6) is -0.783. The summed E-state index contributed by atoms with van der Waals surface area (Å²) in [6.45, 7) is 0. The average molecular weight is 178 g/mol. The molecule has 1 amide bonds. The SMILES string of the molecule is N=C(N)NC(=O)c1ccc(N)cc1. The number of guanidine groups is 1. The first-order valence-corrected chi connectivity index (χ1v) is 3.60. The average Bonchev–Trinajstić information content (AvgIpc) is 2.04. The van der Waals surface area contributed by atoms with E-state index in [-0.39, 0.29) is 5.96 Å². The molecule has 1 rings (SSSR count). The fourth-order valence-corrected chi connectivity index (χ4v) is 0.829. The van der Waals surface area contributed by atoms with E-state index in [0.717, 1.165) is 0 Å². The molecule has 5 nitrogen and oxygen atoms in total. The molecule has 0 saturated carbocycles. The molecule has 0 aromatic heterocycles. The minimum absolute atomic E-state index is 0.373. The first-order chi connectivity index (χ1) is 6.09. The lowest BCUT2D eigenvalue weighted by atomic mass is 10.2. The van der Waals surface area contributed by atoms with Crippen LogP contribution in [-0.2, 0) is 0 Å². The number of hydrogen-bond donors (Lipinski definition) is 4. The van der Waals surface area contributed by atoms with Gasteiger partial charge in [-0.2, -0.15) is 0 Å². The number of carbonyl (C=O) groups excluding carboxylic acids is 1. The van der Waals surface area contributed by atoms with Crippen LogP contribution in [0.1, 0.15) is 10.4 Å². The summed E-state index contributed by atoms with van der Waals surface area (Å²) in [7, 11) is 0. The lowest BCUT2D eigenvalue weighted by molar-refractivity contribution is 0.0976. The van der Waals surface area contributed by atoms with Gasteiger partial charge in [0, 0.05) is 11.3 Å². The molecule has 0 bridgehead atoms. The Kier molecular flexibility index (Phi) is 2.49. The molecule has 0 radical (unpaired) electrons. The van der Waals surface area contributed by atoms with Crippen molar-refractivity contribution >= 4 is 17.6 Å². The minimum atomic E-state index is -0.410. The zero-order valence-corrected chi connectivity index (χ0v) is 6.87. The Morgan fingerprint density at radius 1 is 1.31 bits per heavy atom. The standard InChI is InChI=1S/C8H10N4O/c9-6-3-1-5(2-4-6)7(13)12-8(10)11/h1-4H,9H2,(H4,10,11,12,13). The molecular formula is C8H10N4O. The third kappa shape index (κ3) is 2.48. The van der Waals surface area contributed by atoms with E-state index < -0.39 is 5.91 Å². The van der Waals surface area contributed by atoms with Crippen molar-refractivity contribution in [3.05, 3.63) is 29.8 Å². The van der Waals surface area contributed by atoms with E-state index in [2.05, 4.69) is 5.32 Å². The van der Waals surface area contributed by atoms with Crippen molar-refractivity contribution in [3.63, 3.8) is 0 Å². The monoisotopic (exact) mass is 178 g/mol. The first-order valence-electron chi connectivity index (χ1n) is 3.60. The van der Waals surface area contributed by atoms with Gasteiger partial charge in [-0.15, -0.1) is 0 Å². The van der Waals surface area contributed by atoms with Crippen LogP contribution in [0.5, 0.6) is 0 Å². The fourth-order valence-electron chi connectivity index (χ4n) is 0.829. The van der Waals surface area contributed by atoms with Crippen LogP contribution in [0.15, 0.2) is 24.3 Å². The van der Waals surface area contributed by atoms with Crippen LogP contribution in [0.25, 0.3) is 0 Å². The molecule has 1 aromatic rings. The molecule has 0 aliphatic carbocycles.